The zero-order valence-electron chi connectivity index (χ0n) is 55.3. The number of rotatable bonds is 10. The Morgan fingerprint density at radius 3 is 1.02 bits per heavy atom. The van der Waals surface area contributed by atoms with E-state index in [-0.39, 0.29) is 0 Å². The minimum atomic E-state index is -0.508. The third-order valence-corrected chi connectivity index (χ3v) is 20.8. The van der Waals surface area contributed by atoms with Gasteiger partial charge in [-0.05, 0) is 232 Å². The Morgan fingerprint density at radius 2 is 0.670 bits per heavy atom. The minimum absolute atomic E-state index is 0.508. The largest absolute Gasteiger partial charge is 0.455 e. The second kappa shape index (κ2) is 21.9. The molecule has 0 saturated carbocycles. The molecule has 88 heavy (non-hydrogen) atoms. The van der Waals surface area contributed by atoms with Gasteiger partial charge in [0.05, 0.1) is 56.6 Å². The highest BCUT2D eigenvalue weighted by molar-refractivity contribution is 6.05. The maximum absolute atomic E-state index is 8.01. The van der Waals surface area contributed by atoms with Crippen molar-refractivity contribution in [3.8, 4) is 33.8 Å². The molecule has 9 nitrogen and oxygen atoms in total. The number of fused-ring (bicyclic) bond motifs is 18. The highest BCUT2D eigenvalue weighted by Crippen LogP contribution is 2.57. The van der Waals surface area contributed by atoms with E-state index in [9.17, 15) is 0 Å². The number of hydrogen-bond acceptors (Lipinski definition) is 5. The molecule has 6 aromatic heterocycles. The first-order chi connectivity index (χ1) is 42.3. The predicted octanol–water partition coefficient (Wildman–Crippen LogP) is 21.6. The Kier molecular flexibility index (Phi) is 14.6. The first-order valence-corrected chi connectivity index (χ1v) is 32.6. The van der Waals surface area contributed by atoms with Crippen molar-refractivity contribution in [2.75, 3.05) is 0 Å². The van der Waals surface area contributed by atoms with Crippen LogP contribution in [0.15, 0.2) is 72.8 Å². The standard InChI is InChI=1S/C79H86N8O/c1-19-47-41(11)61-35-69-51(23-5)45(15)73(86-69)71(75-53(25-7)43(13)63(84-75)37-67-49(21-3)39(9)59(80-67)33-65(47)82-61)55-29-27-31-57-77(55)88-78-56(30-28-32-58(78)79(57,17)18)72-74-46(16)52(24-6)70(87-74)36-62-42(12)48(20-2)66(83-62)34-60-40(10)50(22-4)68(81-60)38-64-44(14)54(26-8)76(72)85-64/h27-38,80-81,86-87H,19-26H2,1-18H3. The smallest absolute Gasteiger partial charge is 0.139 e. The van der Waals surface area contributed by atoms with Crippen molar-refractivity contribution in [2.45, 2.75) is 181 Å². The molecule has 0 spiro atoms. The zero-order chi connectivity index (χ0) is 62.1. The number of nitrogens with zero attached hydrogens (tertiary/aromatic N) is 4. The maximum Gasteiger partial charge on any atom is 0.139 e. The van der Waals surface area contributed by atoms with Gasteiger partial charge in [0.2, 0.25) is 0 Å². The van der Waals surface area contributed by atoms with Crippen molar-refractivity contribution in [1.82, 2.24) is 39.9 Å². The highest BCUT2D eigenvalue weighted by atomic mass is 16.5. The summed E-state index contributed by atoms with van der Waals surface area (Å²) in [5, 5.41) is 0. The molecule has 13 rings (SSSR count). The lowest BCUT2D eigenvalue weighted by Crippen LogP contribution is -2.25. The van der Waals surface area contributed by atoms with Gasteiger partial charge in [0.15, 0.2) is 0 Å². The zero-order valence-corrected chi connectivity index (χ0v) is 55.3. The molecule has 448 valence electrons. The Labute approximate surface area is 519 Å². The van der Waals surface area contributed by atoms with Crippen molar-refractivity contribution in [3.63, 3.8) is 0 Å². The molecule has 0 atom stereocenters. The number of hydrogen-bond donors (Lipinski definition) is 4. The Balaban J connectivity index is 1.15. The molecular weight excluding hydrogens is 1080 g/mol. The summed E-state index contributed by atoms with van der Waals surface area (Å²) in [5.41, 5.74) is 42.1. The Hall–Kier alpha value is -8.56. The molecule has 8 aromatic rings. The van der Waals surface area contributed by atoms with Gasteiger partial charge in [-0.2, -0.15) is 0 Å². The summed E-state index contributed by atoms with van der Waals surface area (Å²) in [4.78, 5) is 38.6. The van der Waals surface area contributed by atoms with Crippen LogP contribution in [0, 0.1) is 27.7 Å². The molecule has 2 aromatic carbocycles. The van der Waals surface area contributed by atoms with Crippen molar-refractivity contribution in [1.29, 1.82) is 0 Å². The average molecular weight is 1160 g/mol. The van der Waals surface area contributed by atoms with E-state index in [1.165, 1.54) is 89.1 Å². The number of H-pyrrole nitrogens is 4. The van der Waals surface area contributed by atoms with E-state index in [2.05, 4.69) is 217 Å². The summed E-state index contributed by atoms with van der Waals surface area (Å²) in [7, 11) is 0. The molecule has 0 amide bonds. The van der Waals surface area contributed by atoms with Gasteiger partial charge in [-0.3, -0.25) is 0 Å². The molecule has 5 aliphatic heterocycles. The number of aromatic amines is 4. The molecule has 0 saturated heterocycles. The monoisotopic (exact) mass is 1160 g/mol. The summed E-state index contributed by atoms with van der Waals surface area (Å²) in [6, 6.07) is 27.3. The van der Waals surface area contributed by atoms with E-state index < -0.39 is 5.41 Å². The van der Waals surface area contributed by atoms with E-state index in [1.807, 2.05) is 0 Å². The summed E-state index contributed by atoms with van der Waals surface area (Å²) < 4.78 is 8.01. The Bertz CT molecular complexity index is 4550. The lowest BCUT2D eigenvalue weighted by molar-refractivity contribution is 0.421. The van der Waals surface area contributed by atoms with Crippen LogP contribution >= 0.6 is 0 Å². The van der Waals surface area contributed by atoms with Crippen LogP contribution in [0.3, 0.4) is 0 Å². The third kappa shape index (κ3) is 8.75. The Morgan fingerprint density at radius 1 is 0.352 bits per heavy atom. The van der Waals surface area contributed by atoms with Gasteiger partial charge in [0, 0.05) is 71.9 Å². The van der Waals surface area contributed by atoms with Gasteiger partial charge in [0.1, 0.15) is 11.5 Å². The van der Waals surface area contributed by atoms with Gasteiger partial charge >= 0.3 is 0 Å². The maximum atomic E-state index is 8.01. The van der Waals surface area contributed by atoms with Crippen LogP contribution in [0.1, 0.15) is 224 Å². The molecule has 9 heteroatoms. The molecule has 0 unspecified atom stereocenters. The van der Waals surface area contributed by atoms with Gasteiger partial charge in [0.25, 0.3) is 0 Å². The molecule has 4 N–H and O–H groups in total. The number of allylic oxidation sites excluding steroid dienone is 8. The number of para-hydroxylation sites is 2. The van der Waals surface area contributed by atoms with Crippen LogP contribution in [0.5, 0.6) is 11.5 Å². The second-order valence-electron chi connectivity index (χ2n) is 25.6. The summed E-state index contributed by atoms with van der Waals surface area (Å²) in [6.45, 7) is 40.9. The minimum Gasteiger partial charge on any atom is -0.455 e. The molecular formula is C79H86N8O. The number of benzene rings is 2. The fourth-order valence-corrected chi connectivity index (χ4v) is 15.7. The molecule has 11 heterocycles. The van der Waals surface area contributed by atoms with E-state index >= 15 is 0 Å². The van der Waals surface area contributed by atoms with Crippen LogP contribution < -0.4 is 4.74 Å². The van der Waals surface area contributed by atoms with E-state index in [4.69, 9.17) is 24.7 Å². The van der Waals surface area contributed by atoms with Crippen molar-refractivity contribution < 1.29 is 4.74 Å². The van der Waals surface area contributed by atoms with Crippen LogP contribution in [-0.4, -0.2) is 39.9 Å². The van der Waals surface area contributed by atoms with E-state index in [1.54, 1.807) is 0 Å². The predicted molar refractivity (Wildman–Crippen MR) is 373 cm³/mol. The van der Waals surface area contributed by atoms with Crippen molar-refractivity contribution >= 4 is 88.7 Å². The van der Waals surface area contributed by atoms with Gasteiger partial charge in [-0.15, -0.1) is 0 Å². The van der Waals surface area contributed by atoms with Gasteiger partial charge in [-0.1, -0.05) is 106 Å². The fraction of sp³-hybridized carbons (Fsp3) is 0.342. The number of aryl methyl sites for hydroxylation is 8. The summed E-state index contributed by atoms with van der Waals surface area (Å²) in [6.07, 6.45) is 6.81. The van der Waals surface area contributed by atoms with Gasteiger partial charge < -0.3 is 24.7 Å². The van der Waals surface area contributed by atoms with Crippen molar-refractivity contribution in [2.24, 2.45) is 0 Å². The first kappa shape index (κ1) is 58.5. The SMILES string of the molecule is CCC1=C(C)c2cc3[nH]c(c(C)c3CC)c(-c3cccc4c3Oc3c(-c5c6nc(cc7[nH]c(cc8nc(cc9[nH]c5c(C)c9CC)C(C)=C8CC)c(C)c7CC)C(C)=C6CC)cccc3C4(C)C)c3nc(cc4[nH]c(cc1n2)c(C)c4CC)C(C)=C3CC. The van der Waals surface area contributed by atoms with E-state index in [0.717, 1.165) is 186 Å². The topological polar surface area (TPSA) is 124 Å². The lowest BCUT2D eigenvalue weighted by Gasteiger charge is -2.36. The van der Waals surface area contributed by atoms with Crippen LogP contribution in [0.4, 0.5) is 0 Å². The summed E-state index contributed by atoms with van der Waals surface area (Å²) in [5.74, 6) is 1.67. The molecule has 16 bridgehead atoms. The van der Waals surface area contributed by atoms with Crippen LogP contribution in [0.25, 0.3) is 111 Å². The number of ether oxygens (including phenoxy) is 1. The molecule has 0 radical (unpaired) electrons. The quantitative estimate of drug-likeness (QED) is 0.109. The first-order valence-electron chi connectivity index (χ1n) is 32.6. The molecule has 0 aliphatic carbocycles. The summed E-state index contributed by atoms with van der Waals surface area (Å²) >= 11 is 0. The van der Waals surface area contributed by atoms with Gasteiger partial charge in [-0.25, -0.2) is 19.9 Å². The highest BCUT2D eigenvalue weighted by Gasteiger charge is 2.39. The molecule has 0 fully saturated rings. The average Bonchev–Trinajstić information content (AvgIpc) is 1.12. The second-order valence-corrected chi connectivity index (χ2v) is 25.6. The lowest BCUT2D eigenvalue weighted by atomic mass is 9.73. The third-order valence-electron chi connectivity index (χ3n) is 20.8. The molecule has 5 aliphatic rings. The van der Waals surface area contributed by atoms with Crippen molar-refractivity contribution in [3.05, 3.63) is 174 Å². The fourth-order valence-electron chi connectivity index (χ4n) is 15.7. The van der Waals surface area contributed by atoms with Crippen LogP contribution in [0.2, 0.25) is 0 Å². The van der Waals surface area contributed by atoms with Crippen LogP contribution in [-0.2, 0) is 31.1 Å². The number of nitrogens with one attached hydrogen (secondary N) is 4. The van der Waals surface area contributed by atoms with E-state index in [0.29, 0.717) is 0 Å². The number of aromatic nitrogens is 8. The normalized spacial score (nSPS) is 14.6.